The monoisotopic (exact) mass is 390 g/mol. The quantitative estimate of drug-likeness (QED) is 0.362. The first-order chi connectivity index (χ1) is 13.4. The van der Waals surface area contributed by atoms with E-state index >= 15 is 0 Å². The number of rotatable bonds is 8. The van der Waals surface area contributed by atoms with Gasteiger partial charge in [-0.15, -0.1) is 0 Å². The number of hydrogen-bond donors (Lipinski definition) is 3. The highest BCUT2D eigenvalue weighted by atomic mass is 16.5. The molecule has 1 aliphatic heterocycles. The van der Waals surface area contributed by atoms with Crippen LogP contribution >= 0.6 is 0 Å². The minimum Gasteiger partial charge on any atom is -0.488 e. The largest absolute Gasteiger partial charge is 0.488 e. The molecule has 0 amide bonds. The zero-order valence-electron chi connectivity index (χ0n) is 18.0. The summed E-state index contributed by atoms with van der Waals surface area (Å²) in [6, 6.07) is 8.10. The van der Waals surface area contributed by atoms with Crippen LogP contribution in [0.5, 0.6) is 5.75 Å². The number of guanidine groups is 1. The Morgan fingerprint density at radius 3 is 2.61 bits per heavy atom. The molecule has 0 aromatic heterocycles. The van der Waals surface area contributed by atoms with Crippen molar-refractivity contribution in [2.24, 2.45) is 4.99 Å². The van der Waals surface area contributed by atoms with E-state index in [-0.39, 0.29) is 11.7 Å². The molecular formula is C22H38N4O2. The molecule has 1 heterocycles. The lowest BCUT2D eigenvalue weighted by Gasteiger charge is -2.29. The summed E-state index contributed by atoms with van der Waals surface area (Å²) < 4.78 is 6.06. The van der Waals surface area contributed by atoms with Gasteiger partial charge in [0.1, 0.15) is 11.4 Å². The zero-order valence-corrected chi connectivity index (χ0v) is 18.0. The van der Waals surface area contributed by atoms with Gasteiger partial charge in [0.15, 0.2) is 5.96 Å². The molecule has 6 nitrogen and oxygen atoms in total. The van der Waals surface area contributed by atoms with Crippen molar-refractivity contribution in [3.8, 4) is 5.75 Å². The van der Waals surface area contributed by atoms with E-state index < -0.39 is 0 Å². The molecule has 0 aliphatic carbocycles. The van der Waals surface area contributed by atoms with Crippen molar-refractivity contribution in [3.05, 3.63) is 29.8 Å². The second-order valence-electron chi connectivity index (χ2n) is 8.37. The van der Waals surface area contributed by atoms with Gasteiger partial charge in [0.2, 0.25) is 0 Å². The fraction of sp³-hybridized carbons (Fsp3) is 0.682. The van der Waals surface area contributed by atoms with Crippen molar-refractivity contribution in [3.63, 3.8) is 0 Å². The van der Waals surface area contributed by atoms with Crippen LogP contribution in [0.1, 0.15) is 52.5 Å². The number of aliphatic imine (C=N–C) groups is 1. The molecule has 28 heavy (non-hydrogen) atoms. The maximum absolute atomic E-state index is 9.59. The molecule has 1 saturated heterocycles. The van der Waals surface area contributed by atoms with E-state index in [1.807, 2.05) is 18.2 Å². The lowest BCUT2D eigenvalue weighted by molar-refractivity contribution is 0.0823. The van der Waals surface area contributed by atoms with Gasteiger partial charge in [-0.25, -0.2) is 4.99 Å². The van der Waals surface area contributed by atoms with E-state index in [1.165, 1.54) is 0 Å². The predicted molar refractivity (Wildman–Crippen MR) is 116 cm³/mol. The Kier molecular flexibility index (Phi) is 9.06. The number of aliphatic hydroxyl groups excluding tert-OH is 1. The fourth-order valence-corrected chi connectivity index (χ4v) is 3.22. The topological polar surface area (TPSA) is 69.1 Å². The molecule has 0 unspecified atom stereocenters. The lowest BCUT2D eigenvalue weighted by atomic mass is 10.1. The van der Waals surface area contributed by atoms with Crippen LogP contribution < -0.4 is 15.4 Å². The van der Waals surface area contributed by atoms with E-state index in [0.29, 0.717) is 6.54 Å². The number of ether oxygens (including phenoxy) is 1. The second-order valence-corrected chi connectivity index (χ2v) is 8.37. The van der Waals surface area contributed by atoms with Gasteiger partial charge >= 0.3 is 0 Å². The van der Waals surface area contributed by atoms with Crippen molar-refractivity contribution < 1.29 is 9.84 Å². The van der Waals surface area contributed by atoms with Crippen LogP contribution in [0.3, 0.4) is 0 Å². The third kappa shape index (κ3) is 8.48. The Balaban J connectivity index is 1.83. The summed E-state index contributed by atoms with van der Waals surface area (Å²) >= 11 is 0. The number of piperidine rings is 1. The van der Waals surface area contributed by atoms with Crippen LogP contribution in [0, 0.1) is 0 Å². The summed E-state index contributed by atoms with van der Waals surface area (Å²) in [7, 11) is 0. The lowest BCUT2D eigenvalue weighted by Crippen LogP contribution is -2.40. The number of benzene rings is 1. The van der Waals surface area contributed by atoms with Crippen LogP contribution in [0.4, 0.5) is 0 Å². The van der Waals surface area contributed by atoms with Crippen molar-refractivity contribution in [2.75, 3.05) is 32.7 Å². The van der Waals surface area contributed by atoms with Crippen LogP contribution in [-0.2, 0) is 6.54 Å². The number of nitrogens with one attached hydrogen (secondary N) is 2. The Hall–Kier alpha value is -1.79. The summed E-state index contributed by atoms with van der Waals surface area (Å²) in [5.74, 6) is 1.73. The standard InChI is InChI=1S/C22H38N4O2/c1-5-23-21(24-13-8-14-26-15-11-19(27)12-16-26)25-17-18-9-6-7-10-20(18)28-22(2,3)4/h6-7,9-10,19,27H,5,8,11-17H2,1-4H3,(H2,23,24,25). The third-order valence-electron chi connectivity index (χ3n) is 4.64. The van der Waals surface area contributed by atoms with Gasteiger partial charge in [-0.05, 0) is 59.6 Å². The smallest absolute Gasteiger partial charge is 0.191 e. The molecule has 1 fully saturated rings. The minimum atomic E-state index is -0.229. The molecule has 0 saturated carbocycles. The summed E-state index contributed by atoms with van der Waals surface area (Å²) in [5.41, 5.74) is 0.856. The van der Waals surface area contributed by atoms with Crippen molar-refractivity contribution in [2.45, 2.75) is 65.2 Å². The molecular weight excluding hydrogens is 352 g/mol. The molecule has 158 valence electrons. The molecule has 0 radical (unpaired) electrons. The minimum absolute atomic E-state index is 0.105. The van der Waals surface area contributed by atoms with E-state index in [2.05, 4.69) is 49.3 Å². The van der Waals surface area contributed by atoms with Gasteiger partial charge in [0.25, 0.3) is 0 Å². The maximum atomic E-state index is 9.59. The van der Waals surface area contributed by atoms with E-state index in [4.69, 9.17) is 9.73 Å². The number of likely N-dealkylation sites (tertiary alicyclic amines) is 1. The fourth-order valence-electron chi connectivity index (χ4n) is 3.22. The second kappa shape index (κ2) is 11.3. The van der Waals surface area contributed by atoms with Gasteiger partial charge in [0.05, 0.1) is 12.6 Å². The van der Waals surface area contributed by atoms with Crippen molar-refractivity contribution >= 4 is 5.96 Å². The maximum Gasteiger partial charge on any atom is 0.191 e. The van der Waals surface area contributed by atoms with Gasteiger partial charge in [0, 0.05) is 31.7 Å². The van der Waals surface area contributed by atoms with Gasteiger partial charge in [-0.1, -0.05) is 18.2 Å². The van der Waals surface area contributed by atoms with Gasteiger partial charge < -0.3 is 25.4 Å². The summed E-state index contributed by atoms with van der Waals surface area (Å²) in [6.45, 7) is 13.6. The van der Waals surface area contributed by atoms with Gasteiger partial charge in [-0.2, -0.15) is 0 Å². The highest BCUT2D eigenvalue weighted by Gasteiger charge is 2.16. The molecule has 6 heteroatoms. The molecule has 3 N–H and O–H groups in total. The molecule has 0 atom stereocenters. The van der Waals surface area contributed by atoms with Crippen LogP contribution in [-0.4, -0.2) is 60.4 Å². The number of hydrogen-bond acceptors (Lipinski definition) is 4. The Bertz CT molecular complexity index is 605. The average molecular weight is 391 g/mol. The number of para-hydroxylation sites is 1. The number of nitrogens with zero attached hydrogens (tertiary/aromatic N) is 2. The molecule has 2 rings (SSSR count). The van der Waals surface area contributed by atoms with Crippen LogP contribution in [0.2, 0.25) is 0 Å². The Labute approximate surface area is 170 Å². The Morgan fingerprint density at radius 2 is 1.93 bits per heavy atom. The first-order valence-electron chi connectivity index (χ1n) is 10.6. The average Bonchev–Trinajstić information content (AvgIpc) is 2.64. The van der Waals surface area contributed by atoms with Gasteiger partial charge in [-0.3, -0.25) is 0 Å². The molecule has 1 aliphatic rings. The first kappa shape index (κ1) is 22.5. The van der Waals surface area contributed by atoms with Crippen molar-refractivity contribution in [1.82, 2.24) is 15.5 Å². The van der Waals surface area contributed by atoms with E-state index in [1.54, 1.807) is 0 Å². The number of aliphatic hydroxyl groups is 1. The summed E-state index contributed by atoms with van der Waals surface area (Å²) in [4.78, 5) is 7.17. The molecule has 1 aromatic carbocycles. The highest BCUT2D eigenvalue weighted by Crippen LogP contribution is 2.23. The predicted octanol–water partition coefficient (Wildman–Crippen LogP) is 2.77. The molecule has 0 spiro atoms. The first-order valence-corrected chi connectivity index (χ1v) is 10.6. The normalized spacial score (nSPS) is 16.8. The van der Waals surface area contributed by atoms with Crippen LogP contribution in [0.15, 0.2) is 29.3 Å². The molecule has 1 aromatic rings. The SMILES string of the molecule is CCNC(=NCc1ccccc1OC(C)(C)C)NCCCN1CCC(O)CC1. The Morgan fingerprint density at radius 1 is 1.21 bits per heavy atom. The zero-order chi connectivity index (χ0) is 20.4. The molecule has 0 bridgehead atoms. The van der Waals surface area contributed by atoms with Crippen LogP contribution in [0.25, 0.3) is 0 Å². The summed E-state index contributed by atoms with van der Waals surface area (Å²) in [5, 5.41) is 16.3. The van der Waals surface area contributed by atoms with E-state index in [0.717, 1.165) is 69.3 Å². The third-order valence-corrected chi connectivity index (χ3v) is 4.64. The summed E-state index contributed by atoms with van der Waals surface area (Å²) in [6.07, 6.45) is 2.75. The highest BCUT2D eigenvalue weighted by molar-refractivity contribution is 5.79. The van der Waals surface area contributed by atoms with E-state index in [9.17, 15) is 5.11 Å². The van der Waals surface area contributed by atoms with Crippen molar-refractivity contribution in [1.29, 1.82) is 0 Å².